The molecule has 2 N–H and O–H groups in total. The normalized spacial score (nSPS) is 13.2. The second kappa shape index (κ2) is 8.73. The summed E-state index contributed by atoms with van der Waals surface area (Å²) in [5.41, 5.74) is 0.816. The number of halogens is 1. The predicted molar refractivity (Wildman–Crippen MR) is 103 cm³/mol. The molecule has 1 heterocycles. The lowest BCUT2D eigenvalue weighted by Gasteiger charge is -2.21. The smallest absolute Gasteiger partial charge is 0.240 e. The van der Waals surface area contributed by atoms with E-state index in [0.717, 1.165) is 10.0 Å². The fourth-order valence-corrected chi connectivity index (χ4v) is 3.85. The van der Waals surface area contributed by atoms with E-state index in [2.05, 4.69) is 26.0 Å². The van der Waals surface area contributed by atoms with Crippen LogP contribution in [0.1, 0.15) is 12.0 Å². The number of ether oxygens (including phenoxy) is 2. The van der Waals surface area contributed by atoms with E-state index in [1.165, 1.54) is 12.1 Å². The molecule has 1 amide bonds. The van der Waals surface area contributed by atoms with E-state index in [9.17, 15) is 13.2 Å². The first-order valence-electron chi connectivity index (χ1n) is 8.35. The maximum absolute atomic E-state index is 12.2. The number of hydrogen-bond donors (Lipinski definition) is 2. The van der Waals surface area contributed by atoms with Gasteiger partial charge < -0.3 is 14.8 Å². The number of hydrogen-bond acceptors (Lipinski definition) is 5. The third kappa shape index (κ3) is 5.21. The third-order valence-corrected chi connectivity index (χ3v) is 5.90. The quantitative estimate of drug-likeness (QED) is 0.668. The van der Waals surface area contributed by atoms with Crippen LogP contribution in [0.3, 0.4) is 0 Å². The number of fused-ring (bicyclic) bond motifs is 1. The second-order valence-electron chi connectivity index (χ2n) is 5.82. The topological polar surface area (TPSA) is 93.7 Å². The number of sulfonamides is 1. The number of amides is 1. The van der Waals surface area contributed by atoms with Gasteiger partial charge in [-0.1, -0.05) is 28.1 Å². The van der Waals surface area contributed by atoms with Gasteiger partial charge in [-0.2, -0.15) is 0 Å². The van der Waals surface area contributed by atoms with E-state index in [-0.39, 0.29) is 30.3 Å². The first-order valence-corrected chi connectivity index (χ1v) is 10.6. The van der Waals surface area contributed by atoms with Gasteiger partial charge in [0.25, 0.3) is 0 Å². The summed E-state index contributed by atoms with van der Waals surface area (Å²) >= 11 is 3.26. The minimum absolute atomic E-state index is 0.0107. The van der Waals surface area contributed by atoms with Crippen LogP contribution in [0.4, 0.5) is 0 Å². The molecule has 2 aromatic rings. The Kier molecular flexibility index (Phi) is 6.35. The fraction of sp³-hybridized carbons (Fsp3) is 0.278. The SMILES string of the molecule is O=C(CCNS(=O)(=O)c1ccc(Br)cc1)NCc1cccc2c1OCCO2. The van der Waals surface area contributed by atoms with Gasteiger partial charge in [-0.3, -0.25) is 4.79 Å². The predicted octanol–water partition coefficient (Wildman–Crippen LogP) is 2.21. The summed E-state index contributed by atoms with van der Waals surface area (Å²) in [6.45, 7) is 1.26. The number of nitrogens with one attached hydrogen (secondary N) is 2. The Labute approximate surface area is 166 Å². The summed E-state index contributed by atoms with van der Waals surface area (Å²) in [5, 5.41) is 2.77. The van der Waals surface area contributed by atoms with Crippen LogP contribution < -0.4 is 19.5 Å². The van der Waals surface area contributed by atoms with Crippen LogP contribution in [-0.4, -0.2) is 34.1 Å². The molecule has 0 aliphatic carbocycles. The number of benzene rings is 2. The highest BCUT2D eigenvalue weighted by molar-refractivity contribution is 9.10. The molecule has 0 aromatic heterocycles. The van der Waals surface area contributed by atoms with Crippen LogP contribution in [0.25, 0.3) is 0 Å². The van der Waals surface area contributed by atoms with Gasteiger partial charge in [0.1, 0.15) is 13.2 Å². The highest BCUT2D eigenvalue weighted by atomic mass is 79.9. The first-order chi connectivity index (χ1) is 13.0. The van der Waals surface area contributed by atoms with E-state index in [4.69, 9.17) is 9.47 Å². The van der Waals surface area contributed by atoms with Crippen LogP contribution in [0.5, 0.6) is 11.5 Å². The van der Waals surface area contributed by atoms with Crippen molar-refractivity contribution in [3.8, 4) is 11.5 Å². The average molecular weight is 455 g/mol. The summed E-state index contributed by atoms with van der Waals surface area (Å²) in [4.78, 5) is 12.2. The summed E-state index contributed by atoms with van der Waals surface area (Å²) < 4.78 is 38.7. The Morgan fingerprint density at radius 2 is 1.81 bits per heavy atom. The molecule has 27 heavy (non-hydrogen) atoms. The summed E-state index contributed by atoms with van der Waals surface area (Å²) in [6, 6.07) is 11.8. The van der Waals surface area contributed by atoms with Crippen molar-refractivity contribution in [2.24, 2.45) is 0 Å². The largest absolute Gasteiger partial charge is 0.486 e. The molecule has 0 bridgehead atoms. The van der Waals surface area contributed by atoms with Crippen LogP contribution in [0, 0.1) is 0 Å². The molecule has 7 nitrogen and oxygen atoms in total. The Bertz CT molecular complexity index is 916. The maximum atomic E-state index is 12.2. The standard InChI is InChI=1S/C18H19BrN2O5S/c19-14-4-6-15(7-5-14)27(23,24)21-9-8-17(22)20-12-13-2-1-3-16-18(13)26-11-10-25-16/h1-7,21H,8-12H2,(H,20,22). The average Bonchev–Trinajstić information content (AvgIpc) is 2.66. The van der Waals surface area contributed by atoms with E-state index >= 15 is 0 Å². The number of rotatable bonds is 7. The lowest BCUT2D eigenvalue weighted by atomic mass is 10.1. The number of para-hydroxylation sites is 1. The Balaban J connectivity index is 1.48. The molecular formula is C18H19BrN2O5S. The number of carbonyl (C=O) groups is 1. The van der Waals surface area contributed by atoms with Crippen molar-refractivity contribution in [2.75, 3.05) is 19.8 Å². The third-order valence-electron chi connectivity index (χ3n) is 3.89. The van der Waals surface area contributed by atoms with E-state index in [1.54, 1.807) is 12.1 Å². The minimum atomic E-state index is -3.64. The molecule has 0 spiro atoms. The van der Waals surface area contributed by atoms with Gasteiger partial charge in [0, 0.05) is 29.5 Å². The maximum Gasteiger partial charge on any atom is 0.240 e. The summed E-state index contributed by atoms with van der Waals surface area (Å²) in [6.07, 6.45) is 0.0299. The molecule has 0 unspecified atom stereocenters. The molecule has 9 heteroatoms. The monoisotopic (exact) mass is 454 g/mol. The molecule has 0 fully saturated rings. The van der Waals surface area contributed by atoms with Gasteiger partial charge in [-0.25, -0.2) is 13.1 Å². The van der Waals surface area contributed by atoms with Crippen molar-refractivity contribution in [3.05, 3.63) is 52.5 Å². The molecule has 0 radical (unpaired) electrons. The molecule has 144 valence electrons. The fourth-order valence-electron chi connectivity index (χ4n) is 2.55. The van der Waals surface area contributed by atoms with Crippen molar-refractivity contribution in [2.45, 2.75) is 17.9 Å². The first kappa shape index (κ1) is 19.7. The van der Waals surface area contributed by atoms with Gasteiger partial charge in [0.05, 0.1) is 4.90 Å². The van der Waals surface area contributed by atoms with Crippen LogP contribution in [0.15, 0.2) is 51.8 Å². The van der Waals surface area contributed by atoms with E-state index in [0.29, 0.717) is 24.7 Å². The molecular weight excluding hydrogens is 436 g/mol. The van der Waals surface area contributed by atoms with Crippen molar-refractivity contribution in [3.63, 3.8) is 0 Å². The van der Waals surface area contributed by atoms with E-state index in [1.807, 2.05) is 18.2 Å². The van der Waals surface area contributed by atoms with Gasteiger partial charge >= 0.3 is 0 Å². The van der Waals surface area contributed by atoms with Crippen LogP contribution in [0.2, 0.25) is 0 Å². The Morgan fingerprint density at radius 1 is 1.07 bits per heavy atom. The molecule has 1 aliphatic heterocycles. The zero-order chi connectivity index (χ0) is 19.3. The van der Waals surface area contributed by atoms with Gasteiger partial charge in [-0.15, -0.1) is 0 Å². The van der Waals surface area contributed by atoms with Crippen LogP contribution in [-0.2, 0) is 21.4 Å². The van der Waals surface area contributed by atoms with Gasteiger partial charge in [-0.05, 0) is 30.3 Å². The van der Waals surface area contributed by atoms with Crippen molar-refractivity contribution in [1.82, 2.24) is 10.0 Å². The second-order valence-corrected chi connectivity index (χ2v) is 8.50. The lowest BCUT2D eigenvalue weighted by molar-refractivity contribution is -0.121. The molecule has 3 rings (SSSR count). The van der Waals surface area contributed by atoms with E-state index < -0.39 is 10.0 Å². The number of carbonyl (C=O) groups excluding carboxylic acids is 1. The summed E-state index contributed by atoms with van der Waals surface area (Å²) in [5.74, 6) is 1.04. The lowest BCUT2D eigenvalue weighted by Crippen LogP contribution is -2.30. The zero-order valence-electron chi connectivity index (χ0n) is 14.4. The highest BCUT2D eigenvalue weighted by Gasteiger charge is 2.17. The molecule has 1 aliphatic rings. The Morgan fingerprint density at radius 3 is 2.59 bits per heavy atom. The molecule has 0 saturated carbocycles. The molecule has 0 atom stereocenters. The zero-order valence-corrected chi connectivity index (χ0v) is 16.8. The van der Waals surface area contributed by atoms with Gasteiger partial charge in [0.15, 0.2) is 11.5 Å². The summed E-state index contributed by atoms with van der Waals surface area (Å²) in [7, 11) is -3.64. The molecule has 2 aromatic carbocycles. The Hall–Kier alpha value is -2.10. The van der Waals surface area contributed by atoms with Gasteiger partial charge in [0.2, 0.25) is 15.9 Å². The van der Waals surface area contributed by atoms with Crippen molar-refractivity contribution >= 4 is 31.9 Å². The van der Waals surface area contributed by atoms with Crippen molar-refractivity contribution in [1.29, 1.82) is 0 Å². The van der Waals surface area contributed by atoms with Crippen LogP contribution >= 0.6 is 15.9 Å². The molecule has 0 saturated heterocycles. The highest BCUT2D eigenvalue weighted by Crippen LogP contribution is 2.33. The minimum Gasteiger partial charge on any atom is -0.486 e. The van der Waals surface area contributed by atoms with Crippen molar-refractivity contribution < 1.29 is 22.7 Å².